The molecule has 0 aromatic heterocycles. The van der Waals surface area contributed by atoms with Gasteiger partial charge in [0.25, 0.3) is 0 Å². The van der Waals surface area contributed by atoms with Crippen molar-refractivity contribution in [3.8, 4) is 0 Å². The summed E-state index contributed by atoms with van der Waals surface area (Å²) in [5.41, 5.74) is 14.8. The minimum Gasteiger partial charge on any atom is -0.444 e. The summed E-state index contributed by atoms with van der Waals surface area (Å²) in [5, 5.41) is 2.71. The Labute approximate surface area is 144 Å². The van der Waals surface area contributed by atoms with Crippen molar-refractivity contribution in [1.29, 1.82) is 0 Å². The Kier molecular flexibility index (Phi) is 5.85. The molecule has 0 radical (unpaired) electrons. The average Bonchev–Trinajstić information content (AvgIpc) is 2.34. The molecule has 1 rings (SSSR count). The number of amides is 1. The highest BCUT2D eigenvalue weighted by Gasteiger charge is 2.22. The van der Waals surface area contributed by atoms with Crippen molar-refractivity contribution in [1.82, 2.24) is 5.32 Å². The van der Waals surface area contributed by atoms with Crippen molar-refractivity contribution >= 4 is 30.1 Å². The number of nitrogens with two attached hydrogens (primary N) is 2. The third-order valence-corrected chi connectivity index (χ3v) is 3.82. The maximum atomic E-state index is 11.7. The molecule has 0 aliphatic heterocycles. The second-order valence-corrected chi connectivity index (χ2v) is 8.13. The molecule has 0 aliphatic rings. The Hall–Kier alpha value is -1.56. The number of hydrogen-bond donors (Lipinski definition) is 4. The lowest BCUT2D eigenvalue weighted by molar-refractivity contribution is 0.0528. The van der Waals surface area contributed by atoms with E-state index in [1.54, 1.807) is 0 Å². The van der Waals surface area contributed by atoms with Crippen molar-refractivity contribution in [3.05, 3.63) is 17.2 Å². The number of thiol groups is 1. The first-order chi connectivity index (χ1) is 10.3. The van der Waals surface area contributed by atoms with E-state index in [1.165, 1.54) is 0 Å². The largest absolute Gasteiger partial charge is 0.444 e. The number of ether oxygens (including phenoxy) is 1. The van der Waals surface area contributed by atoms with E-state index in [4.69, 9.17) is 16.2 Å². The third kappa shape index (κ3) is 5.53. The van der Waals surface area contributed by atoms with Crippen LogP contribution < -0.4 is 16.8 Å². The SMILES string of the molecule is CC(C)(C)OC(=O)NCCc1c(N)cc(C(C)(C)C)c(S)c1N. The second kappa shape index (κ2) is 6.91. The zero-order valence-corrected chi connectivity index (χ0v) is 15.8. The maximum absolute atomic E-state index is 11.7. The molecule has 5 nitrogen and oxygen atoms in total. The van der Waals surface area contributed by atoms with Gasteiger partial charge in [-0.1, -0.05) is 20.8 Å². The van der Waals surface area contributed by atoms with Crippen LogP contribution in [0, 0.1) is 0 Å². The summed E-state index contributed by atoms with van der Waals surface area (Å²) in [5.74, 6) is 0. The standard InChI is InChI=1S/C17H29N3O2S/c1-16(2,3)11-9-12(18)10(13(19)14(11)23)7-8-20-15(21)22-17(4,5)6/h9,23H,7-8,18-19H2,1-6H3,(H,20,21). The van der Waals surface area contributed by atoms with E-state index >= 15 is 0 Å². The molecule has 0 bridgehead atoms. The van der Waals surface area contributed by atoms with Crippen LogP contribution in [0.25, 0.3) is 0 Å². The van der Waals surface area contributed by atoms with Gasteiger partial charge < -0.3 is 21.5 Å². The van der Waals surface area contributed by atoms with Crippen LogP contribution in [0.15, 0.2) is 11.0 Å². The maximum Gasteiger partial charge on any atom is 0.407 e. The molecule has 0 fully saturated rings. The van der Waals surface area contributed by atoms with Crippen LogP contribution in [0.5, 0.6) is 0 Å². The molecule has 1 aromatic rings. The molecule has 1 amide bonds. The van der Waals surface area contributed by atoms with Gasteiger partial charge in [-0.3, -0.25) is 0 Å². The van der Waals surface area contributed by atoms with E-state index in [2.05, 4.69) is 38.7 Å². The molecule has 0 saturated heterocycles. The molecular weight excluding hydrogens is 310 g/mol. The summed E-state index contributed by atoms with van der Waals surface area (Å²) in [4.78, 5) is 12.4. The minimum atomic E-state index is -0.519. The van der Waals surface area contributed by atoms with Gasteiger partial charge in [0.2, 0.25) is 0 Å². The summed E-state index contributed by atoms with van der Waals surface area (Å²) in [6.07, 6.45) is 0.0709. The predicted molar refractivity (Wildman–Crippen MR) is 99.2 cm³/mol. The summed E-state index contributed by atoms with van der Waals surface area (Å²) >= 11 is 4.55. The lowest BCUT2D eigenvalue weighted by Gasteiger charge is -2.25. The van der Waals surface area contributed by atoms with E-state index < -0.39 is 11.7 Å². The van der Waals surface area contributed by atoms with Crippen LogP contribution in [0.2, 0.25) is 0 Å². The number of nitrogens with one attached hydrogen (secondary N) is 1. The van der Waals surface area contributed by atoms with Gasteiger partial charge in [-0.05, 0) is 44.2 Å². The quantitative estimate of drug-likeness (QED) is 0.501. The van der Waals surface area contributed by atoms with E-state index in [-0.39, 0.29) is 5.41 Å². The number of hydrogen-bond acceptors (Lipinski definition) is 5. The molecule has 6 heteroatoms. The van der Waals surface area contributed by atoms with E-state index in [0.717, 1.165) is 16.0 Å². The van der Waals surface area contributed by atoms with Crippen LogP contribution in [0.1, 0.15) is 52.7 Å². The lowest BCUT2D eigenvalue weighted by atomic mass is 9.85. The number of carbonyl (C=O) groups excluding carboxylic acids is 1. The normalized spacial score (nSPS) is 12.1. The van der Waals surface area contributed by atoms with E-state index in [0.29, 0.717) is 24.3 Å². The Morgan fingerprint density at radius 3 is 2.26 bits per heavy atom. The topological polar surface area (TPSA) is 90.4 Å². The summed E-state index contributed by atoms with van der Waals surface area (Å²) in [6, 6.07) is 1.92. The van der Waals surface area contributed by atoms with Crippen molar-refractivity contribution < 1.29 is 9.53 Å². The Morgan fingerprint density at radius 1 is 1.22 bits per heavy atom. The van der Waals surface area contributed by atoms with E-state index in [1.807, 2.05) is 26.8 Å². The molecule has 0 unspecified atom stereocenters. The molecule has 0 atom stereocenters. The number of nitrogen functional groups attached to an aromatic ring is 2. The predicted octanol–water partition coefficient (Wildman–Crippen LogP) is 3.50. The smallest absolute Gasteiger partial charge is 0.407 e. The Balaban J connectivity index is 2.83. The Morgan fingerprint density at radius 2 is 1.78 bits per heavy atom. The monoisotopic (exact) mass is 339 g/mol. The molecule has 0 heterocycles. The number of alkyl carbamates (subject to hydrolysis) is 1. The fourth-order valence-corrected chi connectivity index (χ4v) is 2.74. The van der Waals surface area contributed by atoms with Gasteiger partial charge >= 0.3 is 6.09 Å². The highest BCUT2D eigenvalue weighted by molar-refractivity contribution is 7.80. The summed E-state index contributed by atoms with van der Waals surface area (Å²) in [7, 11) is 0. The van der Waals surface area contributed by atoms with Gasteiger partial charge in [0.05, 0.1) is 5.69 Å². The zero-order valence-electron chi connectivity index (χ0n) is 14.9. The van der Waals surface area contributed by atoms with E-state index in [9.17, 15) is 4.79 Å². The van der Waals surface area contributed by atoms with Gasteiger partial charge in [-0.15, -0.1) is 12.6 Å². The van der Waals surface area contributed by atoms with Crippen LogP contribution in [-0.4, -0.2) is 18.2 Å². The Bertz CT molecular complexity index is 587. The molecule has 1 aromatic carbocycles. The van der Waals surface area contributed by atoms with Crippen LogP contribution >= 0.6 is 12.6 Å². The lowest BCUT2D eigenvalue weighted by Crippen LogP contribution is -2.33. The zero-order chi connectivity index (χ0) is 18.0. The number of carbonyl (C=O) groups is 1. The molecule has 0 spiro atoms. The van der Waals surface area contributed by atoms with Crippen molar-refractivity contribution in [3.63, 3.8) is 0 Å². The molecule has 130 valence electrons. The average molecular weight is 340 g/mol. The molecule has 23 heavy (non-hydrogen) atoms. The van der Waals surface area contributed by atoms with Gasteiger partial charge in [-0.25, -0.2) is 4.79 Å². The first-order valence-corrected chi connectivity index (χ1v) is 8.15. The van der Waals surface area contributed by atoms with Gasteiger partial charge in [0, 0.05) is 22.7 Å². The van der Waals surface area contributed by atoms with Gasteiger partial charge in [0.1, 0.15) is 5.60 Å². The summed E-state index contributed by atoms with van der Waals surface area (Å²) in [6.45, 7) is 12.1. The van der Waals surface area contributed by atoms with Crippen molar-refractivity contribution in [2.24, 2.45) is 0 Å². The first kappa shape index (κ1) is 19.5. The van der Waals surface area contributed by atoms with Crippen LogP contribution in [0.3, 0.4) is 0 Å². The first-order valence-electron chi connectivity index (χ1n) is 7.70. The molecule has 0 aliphatic carbocycles. The number of rotatable bonds is 3. The van der Waals surface area contributed by atoms with Crippen LogP contribution in [-0.2, 0) is 16.6 Å². The van der Waals surface area contributed by atoms with Crippen molar-refractivity contribution in [2.45, 2.75) is 63.9 Å². The second-order valence-electron chi connectivity index (χ2n) is 7.68. The third-order valence-electron chi connectivity index (χ3n) is 3.33. The van der Waals surface area contributed by atoms with Gasteiger partial charge in [0.15, 0.2) is 0 Å². The molecule has 5 N–H and O–H groups in total. The fourth-order valence-electron chi connectivity index (χ4n) is 2.21. The van der Waals surface area contributed by atoms with Gasteiger partial charge in [-0.2, -0.15) is 0 Å². The van der Waals surface area contributed by atoms with Crippen LogP contribution in [0.4, 0.5) is 16.2 Å². The molecular formula is C17H29N3O2S. The van der Waals surface area contributed by atoms with Crippen molar-refractivity contribution in [2.75, 3.05) is 18.0 Å². The molecule has 0 saturated carbocycles. The number of benzene rings is 1. The fraction of sp³-hybridized carbons (Fsp3) is 0.588. The summed E-state index contributed by atoms with van der Waals surface area (Å²) < 4.78 is 5.20. The minimum absolute atomic E-state index is 0.0907. The highest BCUT2D eigenvalue weighted by Crippen LogP contribution is 2.37. The highest BCUT2D eigenvalue weighted by atomic mass is 32.1. The number of anilines is 2.